The molecule has 0 radical (unpaired) electrons. The van der Waals surface area contributed by atoms with Crippen molar-refractivity contribution in [2.75, 3.05) is 23.8 Å². The molecule has 10 nitrogen and oxygen atoms in total. The van der Waals surface area contributed by atoms with Crippen LogP contribution in [0.25, 0.3) is 11.0 Å². The molecule has 4 N–H and O–H groups in total. The second-order valence-electron chi connectivity index (χ2n) is 8.63. The van der Waals surface area contributed by atoms with Crippen molar-refractivity contribution in [1.82, 2.24) is 19.5 Å². The van der Waals surface area contributed by atoms with Crippen LogP contribution in [0.5, 0.6) is 0 Å². The SMILES string of the molecule is Cn1ccc(NC(=O)c2cccc(C(=O)c3c[nH]c4ncnc(N[C@@H]5CC[C@@H](CO)OC5)c34)c2)c1. The van der Waals surface area contributed by atoms with Crippen LogP contribution in [0.1, 0.15) is 39.1 Å². The van der Waals surface area contributed by atoms with Crippen LogP contribution in [0.4, 0.5) is 11.5 Å². The molecule has 1 fully saturated rings. The van der Waals surface area contributed by atoms with Crippen LogP contribution in [0.3, 0.4) is 0 Å². The molecule has 0 bridgehead atoms. The Morgan fingerprint density at radius 1 is 1.23 bits per heavy atom. The summed E-state index contributed by atoms with van der Waals surface area (Å²) in [6.07, 6.45) is 8.09. The predicted molar refractivity (Wildman–Crippen MR) is 131 cm³/mol. The fraction of sp³-hybridized carbons (Fsp3) is 0.280. The Morgan fingerprint density at radius 2 is 2.09 bits per heavy atom. The number of benzene rings is 1. The van der Waals surface area contributed by atoms with E-state index in [9.17, 15) is 14.7 Å². The topological polar surface area (TPSA) is 134 Å². The lowest BCUT2D eigenvalue weighted by Gasteiger charge is -2.29. The van der Waals surface area contributed by atoms with E-state index in [0.29, 0.717) is 45.8 Å². The summed E-state index contributed by atoms with van der Waals surface area (Å²) >= 11 is 0. The Bertz CT molecular complexity index is 1370. The molecule has 35 heavy (non-hydrogen) atoms. The quantitative estimate of drug-likeness (QED) is 0.303. The standard InChI is InChI=1S/C25H26N6O4/c1-31-8-7-17(11-31)30-25(34)16-4-2-3-15(9-16)22(33)20-10-26-23-21(20)24(28-14-27-23)29-18-5-6-19(12-32)35-13-18/h2-4,7-11,14,18-19,32H,5-6,12-13H2,1H3,(H,30,34)(H2,26,27,28,29)/t18-,19+/m1/s1. The number of carbonyl (C=O) groups is 2. The molecule has 5 rings (SSSR count). The third kappa shape index (κ3) is 4.79. The Balaban J connectivity index is 1.39. The maximum Gasteiger partial charge on any atom is 0.255 e. The number of fused-ring (bicyclic) bond motifs is 1. The van der Waals surface area contributed by atoms with Gasteiger partial charge in [0.15, 0.2) is 5.78 Å². The Hall–Kier alpha value is -4.02. The van der Waals surface area contributed by atoms with Gasteiger partial charge in [-0.3, -0.25) is 9.59 Å². The molecule has 2 atom stereocenters. The number of aliphatic hydroxyl groups is 1. The summed E-state index contributed by atoms with van der Waals surface area (Å²) in [5.41, 5.74) is 2.39. The zero-order chi connectivity index (χ0) is 24.4. The normalized spacial score (nSPS) is 17.9. The van der Waals surface area contributed by atoms with E-state index in [1.807, 2.05) is 17.8 Å². The first kappa shape index (κ1) is 22.8. The third-order valence-corrected chi connectivity index (χ3v) is 6.11. The summed E-state index contributed by atoms with van der Waals surface area (Å²) in [5.74, 6) is -0.00808. The van der Waals surface area contributed by atoms with Gasteiger partial charge in [-0.05, 0) is 31.0 Å². The van der Waals surface area contributed by atoms with Crippen LogP contribution in [0, 0.1) is 0 Å². The number of nitrogens with one attached hydrogen (secondary N) is 3. The number of H-pyrrole nitrogens is 1. The molecule has 0 saturated carbocycles. The minimum absolute atomic E-state index is 0.00115. The van der Waals surface area contributed by atoms with Crippen LogP contribution in [0.2, 0.25) is 0 Å². The van der Waals surface area contributed by atoms with E-state index < -0.39 is 0 Å². The number of ether oxygens (including phenoxy) is 1. The number of aryl methyl sites for hydroxylation is 1. The first-order valence-corrected chi connectivity index (χ1v) is 11.4. The molecular formula is C25H26N6O4. The maximum absolute atomic E-state index is 13.5. The van der Waals surface area contributed by atoms with Gasteiger partial charge in [-0.2, -0.15) is 0 Å². The van der Waals surface area contributed by atoms with Gasteiger partial charge < -0.3 is 30.0 Å². The monoisotopic (exact) mass is 474 g/mol. The highest BCUT2D eigenvalue weighted by atomic mass is 16.5. The van der Waals surface area contributed by atoms with Crippen molar-refractivity contribution in [2.45, 2.75) is 25.0 Å². The number of amides is 1. The Kier molecular flexibility index (Phi) is 6.30. The maximum atomic E-state index is 13.5. The average molecular weight is 475 g/mol. The molecule has 3 aromatic heterocycles. The highest BCUT2D eigenvalue weighted by molar-refractivity contribution is 6.18. The van der Waals surface area contributed by atoms with Gasteiger partial charge >= 0.3 is 0 Å². The number of aliphatic hydroxyl groups excluding tert-OH is 1. The largest absolute Gasteiger partial charge is 0.394 e. The molecule has 1 aliphatic heterocycles. The molecule has 0 spiro atoms. The van der Waals surface area contributed by atoms with Crippen LogP contribution in [0.15, 0.2) is 55.2 Å². The second kappa shape index (κ2) is 9.69. The van der Waals surface area contributed by atoms with E-state index in [-0.39, 0.29) is 30.4 Å². The van der Waals surface area contributed by atoms with E-state index in [1.54, 1.807) is 42.7 Å². The van der Waals surface area contributed by atoms with Crippen LogP contribution >= 0.6 is 0 Å². The van der Waals surface area contributed by atoms with Gasteiger partial charge in [0, 0.05) is 36.8 Å². The van der Waals surface area contributed by atoms with Gasteiger partial charge in [-0.15, -0.1) is 0 Å². The molecule has 10 heteroatoms. The van der Waals surface area contributed by atoms with Gasteiger partial charge in [0.1, 0.15) is 17.8 Å². The number of hydrogen-bond donors (Lipinski definition) is 4. The summed E-state index contributed by atoms with van der Waals surface area (Å²) in [6.45, 7) is 0.437. The number of nitrogens with zero attached hydrogens (tertiary/aromatic N) is 3. The summed E-state index contributed by atoms with van der Waals surface area (Å²) < 4.78 is 7.50. The van der Waals surface area contributed by atoms with Crippen molar-refractivity contribution in [3.05, 3.63) is 71.9 Å². The lowest BCUT2D eigenvalue weighted by Crippen LogP contribution is -2.36. The predicted octanol–water partition coefficient (Wildman–Crippen LogP) is 2.73. The van der Waals surface area contributed by atoms with Gasteiger partial charge in [-0.25, -0.2) is 9.97 Å². The summed E-state index contributed by atoms with van der Waals surface area (Å²) in [4.78, 5) is 37.9. The van der Waals surface area contributed by atoms with Gasteiger partial charge in [-0.1, -0.05) is 12.1 Å². The van der Waals surface area contributed by atoms with Crippen molar-refractivity contribution < 1.29 is 19.4 Å². The van der Waals surface area contributed by atoms with Crippen molar-refractivity contribution in [1.29, 1.82) is 0 Å². The Morgan fingerprint density at radius 3 is 2.83 bits per heavy atom. The first-order chi connectivity index (χ1) is 17.0. The molecule has 0 aliphatic carbocycles. The lowest BCUT2D eigenvalue weighted by molar-refractivity contribution is -0.0224. The first-order valence-electron chi connectivity index (χ1n) is 11.4. The van der Waals surface area contributed by atoms with Gasteiger partial charge in [0.05, 0.1) is 42.0 Å². The number of hydrogen-bond acceptors (Lipinski definition) is 7. The zero-order valence-electron chi connectivity index (χ0n) is 19.2. The minimum Gasteiger partial charge on any atom is -0.394 e. The molecule has 0 unspecified atom stereocenters. The van der Waals surface area contributed by atoms with E-state index in [4.69, 9.17) is 4.74 Å². The van der Waals surface area contributed by atoms with E-state index in [1.165, 1.54) is 6.33 Å². The van der Waals surface area contributed by atoms with Crippen LogP contribution in [-0.2, 0) is 11.8 Å². The molecular weight excluding hydrogens is 448 g/mol. The molecule has 180 valence electrons. The van der Waals surface area contributed by atoms with Crippen LogP contribution < -0.4 is 10.6 Å². The van der Waals surface area contributed by atoms with Gasteiger partial charge in [0.25, 0.3) is 5.91 Å². The summed E-state index contributed by atoms with van der Waals surface area (Å²) in [5, 5.41) is 16.1. The van der Waals surface area contributed by atoms with Crippen molar-refractivity contribution in [3.63, 3.8) is 0 Å². The Labute approximate surface area is 201 Å². The molecule has 1 aliphatic rings. The fourth-order valence-electron chi connectivity index (χ4n) is 4.25. The van der Waals surface area contributed by atoms with Crippen molar-refractivity contribution in [2.24, 2.45) is 7.05 Å². The smallest absolute Gasteiger partial charge is 0.255 e. The second-order valence-corrected chi connectivity index (χ2v) is 8.63. The molecule has 1 saturated heterocycles. The zero-order valence-corrected chi connectivity index (χ0v) is 19.2. The van der Waals surface area contributed by atoms with E-state index in [0.717, 1.165) is 12.8 Å². The van der Waals surface area contributed by atoms with Gasteiger partial charge in [0.2, 0.25) is 0 Å². The molecule has 4 aromatic rings. The highest BCUT2D eigenvalue weighted by Crippen LogP contribution is 2.28. The number of ketones is 1. The number of aromatic nitrogens is 4. The molecule has 1 amide bonds. The summed E-state index contributed by atoms with van der Waals surface area (Å²) in [6, 6.07) is 8.42. The lowest BCUT2D eigenvalue weighted by atomic mass is 10.0. The molecule has 1 aromatic carbocycles. The van der Waals surface area contributed by atoms with Crippen molar-refractivity contribution in [3.8, 4) is 0 Å². The summed E-state index contributed by atoms with van der Waals surface area (Å²) in [7, 11) is 1.87. The average Bonchev–Trinajstić information content (AvgIpc) is 3.50. The highest BCUT2D eigenvalue weighted by Gasteiger charge is 2.24. The van der Waals surface area contributed by atoms with E-state index >= 15 is 0 Å². The number of aromatic amines is 1. The van der Waals surface area contributed by atoms with Crippen LogP contribution in [-0.4, -0.2) is 61.7 Å². The van der Waals surface area contributed by atoms with Crippen molar-refractivity contribution >= 4 is 34.2 Å². The van der Waals surface area contributed by atoms with E-state index in [2.05, 4.69) is 25.6 Å². The number of carbonyl (C=O) groups excluding carboxylic acids is 2. The number of rotatable bonds is 7. The minimum atomic E-state index is -0.297. The molecule has 4 heterocycles. The third-order valence-electron chi connectivity index (χ3n) is 6.11. The fourth-order valence-corrected chi connectivity index (χ4v) is 4.25. The number of anilines is 2.